The molecule has 2 atom stereocenters. The number of anilines is 3. The van der Waals surface area contributed by atoms with Gasteiger partial charge in [0.1, 0.15) is 5.82 Å². The molecule has 5 rings (SSSR count). The lowest BCUT2D eigenvalue weighted by Gasteiger charge is -2.55. The number of alkyl halides is 2. The largest absolute Gasteiger partial charge is 0.352 e. The highest BCUT2D eigenvalue weighted by Gasteiger charge is 2.68. The van der Waals surface area contributed by atoms with Crippen LogP contribution in [-0.4, -0.2) is 62.3 Å². The van der Waals surface area contributed by atoms with Gasteiger partial charge < -0.3 is 10.2 Å². The standard InChI is InChI=1S/C21H26F2N8/c1-14-9-25-19(27-15-10-26-29(2)11-15)28-18(14)30-12-20(13-30,5-6-24)31-7-3-16-17(4-8-31)21(16,22)23/h9-11,16-17H,3-5,7-8,12-13H2,1-2H3,(H,25,27,28). The van der Waals surface area contributed by atoms with E-state index in [1.165, 1.54) is 0 Å². The number of rotatable bonds is 5. The van der Waals surface area contributed by atoms with Crippen molar-refractivity contribution in [2.45, 2.75) is 37.6 Å². The number of nitriles is 1. The number of aromatic nitrogens is 4. The molecular formula is C21H26F2N8. The summed E-state index contributed by atoms with van der Waals surface area (Å²) in [4.78, 5) is 13.5. The summed E-state index contributed by atoms with van der Waals surface area (Å²) in [6, 6.07) is 2.33. The minimum absolute atomic E-state index is 0.296. The van der Waals surface area contributed by atoms with Crippen molar-refractivity contribution in [3.8, 4) is 6.07 Å². The monoisotopic (exact) mass is 428 g/mol. The summed E-state index contributed by atoms with van der Waals surface area (Å²) in [6.07, 6.45) is 6.75. The van der Waals surface area contributed by atoms with E-state index in [1.54, 1.807) is 17.1 Å². The summed E-state index contributed by atoms with van der Waals surface area (Å²) in [6.45, 7) is 4.55. The first-order chi connectivity index (χ1) is 14.8. The maximum absolute atomic E-state index is 13.8. The number of nitrogens with zero attached hydrogens (tertiary/aromatic N) is 7. The van der Waals surface area contributed by atoms with E-state index in [-0.39, 0.29) is 5.54 Å². The van der Waals surface area contributed by atoms with Crippen LogP contribution in [0.1, 0.15) is 24.8 Å². The fourth-order valence-electron chi connectivity index (χ4n) is 5.24. The molecule has 2 aliphatic heterocycles. The van der Waals surface area contributed by atoms with Gasteiger partial charge in [0.05, 0.1) is 29.9 Å². The molecule has 1 N–H and O–H groups in total. The predicted molar refractivity (Wildman–Crippen MR) is 111 cm³/mol. The summed E-state index contributed by atoms with van der Waals surface area (Å²) in [7, 11) is 1.84. The van der Waals surface area contributed by atoms with Gasteiger partial charge >= 0.3 is 0 Å². The second kappa shape index (κ2) is 7.12. The molecule has 2 unspecified atom stereocenters. The van der Waals surface area contributed by atoms with Crippen LogP contribution < -0.4 is 10.2 Å². The highest BCUT2D eigenvalue weighted by Crippen LogP contribution is 2.60. The van der Waals surface area contributed by atoms with Crippen LogP contribution in [0.3, 0.4) is 0 Å². The molecule has 3 fully saturated rings. The second-order valence-corrected chi connectivity index (χ2v) is 9.10. The molecule has 2 aromatic rings. The van der Waals surface area contributed by atoms with Crippen LogP contribution in [-0.2, 0) is 7.05 Å². The van der Waals surface area contributed by atoms with Gasteiger partial charge in [-0.1, -0.05) is 0 Å². The lowest BCUT2D eigenvalue weighted by molar-refractivity contribution is 0.0332. The Labute approximate surface area is 179 Å². The van der Waals surface area contributed by atoms with Crippen molar-refractivity contribution in [3.05, 3.63) is 24.2 Å². The van der Waals surface area contributed by atoms with Gasteiger partial charge in [-0.15, -0.1) is 0 Å². The fraction of sp³-hybridized carbons (Fsp3) is 0.619. The minimum atomic E-state index is -2.48. The van der Waals surface area contributed by atoms with E-state index in [1.807, 2.05) is 20.2 Å². The Bertz CT molecular complexity index is 1010. The number of hydrogen-bond acceptors (Lipinski definition) is 7. The quantitative estimate of drug-likeness (QED) is 0.784. The van der Waals surface area contributed by atoms with Gasteiger partial charge in [-0.05, 0) is 32.9 Å². The molecule has 4 heterocycles. The Balaban J connectivity index is 1.30. The fourth-order valence-corrected chi connectivity index (χ4v) is 5.24. The summed E-state index contributed by atoms with van der Waals surface area (Å²) in [5.41, 5.74) is 1.47. The van der Waals surface area contributed by atoms with E-state index in [2.05, 4.69) is 31.3 Å². The van der Waals surface area contributed by atoms with Gasteiger partial charge in [0, 0.05) is 49.9 Å². The van der Waals surface area contributed by atoms with Crippen LogP contribution in [0.25, 0.3) is 0 Å². The van der Waals surface area contributed by atoms with Crippen LogP contribution in [0, 0.1) is 30.1 Å². The van der Waals surface area contributed by atoms with E-state index < -0.39 is 17.8 Å². The highest BCUT2D eigenvalue weighted by molar-refractivity contribution is 5.57. The topological polar surface area (TPSA) is 85.9 Å². The smallest absolute Gasteiger partial charge is 0.254 e. The van der Waals surface area contributed by atoms with Crippen molar-refractivity contribution in [3.63, 3.8) is 0 Å². The number of likely N-dealkylation sites (tertiary alicyclic amines) is 1. The first kappa shape index (κ1) is 20.1. The zero-order valence-electron chi connectivity index (χ0n) is 17.7. The van der Waals surface area contributed by atoms with Gasteiger partial charge in [-0.25, -0.2) is 13.8 Å². The maximum atomic E-state index is 13.8. The van der Waals surface area contributed by atoms with Crippen LogP contribution in [0.15, 0.2) is 18.6 Å². The normalized spacial score (nSPS) is 26.4. The summed E-state index contributed by atoms with van der Waals surface area (Å²) in [5.74, 6) is -2.10. The molecule has 0 spiro atoms. The zero-order chi connectivity index (χ0) is 21.8. The number of halogens is 2. The molecule has 1 aliphatic carbocycles. The Kier molecular flexibility index (Phi) is 4.62. The highest BCUT2D eigenvalue weighted by atomic mass is 19.3. The van der Waals surface area contributed by atoms with E-state index in [4.69, 9.17) is 4.98 Å². The molecule has 0 amide bonds. The van der Waals surface area contributed by atoms with Crippen molar-refractivity contribution < 1.29 is 8.78 Å². The first-order valence-electron chi connectivity index (χ1n) is 10.7. The first-order valence-corrected chi connectivity index (χ1v) is 10.7. The molecule has 0 aromatic carbocycles. The predicted octanol–water partition coefficient (Wildman–Crippen LogP) is 2.71. The Morgan fingerprint density at radius 3 is 2.55 bits per heavy atom. The molecule has 8 nitrogen and oxygen atoms in total. The number of aryl methyl sites for hydroxylation is 2. The van der Waals surface area contributed by atoms with Gasteiger partial charge in [0.15, 0.2) is 0 Å². The lowest BCUT2D eigenvalue weighted by atomic mass is 9.84. The summed E-state index contributed by atoms with van der Waals surface area (Å²) >= 11 is 0. The molecule has 10 heteroatoms. The van der Waals surface area contributed by atoms with Crippen LogP contribution in [0.5, 0.6) is 0 Å². The van der Waals surface area contributed by atoms with Crippen LogP contribution in [0.4, 0.5) is 26.2 Å². The van der Waals surface area contributed by atoms with Crippen molar-refractivity contribution in [2.75, 3.05) is 36.4 Å². The third-order valence-electron chi connectivity index (χ3n) is 7.04. The molecule has 164 valence electrons. The molecule has 0 radical (unpaired) electrons. The summed E-state index contributed by atoms with van der Waals surface area (Å²) in [5, 5.41) is 16.8. The molecule has 3 aliphatic rings. The van der Waals surface area contributed by atoms with E-state index in [0.29, 0.717) is 51.4 Å². The van der Waals surface area contributed by atoms with Gasteiger partial charge in [-0.3, -0.25) is 9.58 Å². The average molecular weight is 428 g/mol. The minimum Gasteiger partial charge on any atom is -0.352 e. The zero-order valence-corrected chi connectivity index (χ0v) is 17.7. The lowest BCUT2D eigenvalue weighted by Crippen LogP contribution is -2.70. The van der Waals surface area contributed by atoms with Gasteiger partial charge in [-0.2, -0.15) is 15.3 Å². The molecule has 1 saturated carbocycles. The Hall–Kier alpha value is -2.80. The molecule has 2 saturated heterocycles. The molecule has 31 heavy (non-hydrogen) atoms. The molecule has 0 bridgehead atoms. The van der Waals surface area contributed by atoms with Crippen molar-refractivity contribution in [1.82, 2.24) is 24.6 Å². The SMILES string of the molecule is Cc1cnc(Nc2cnn(C)c2)nc1N1CC(CC#N)(N2CCC3C(CC2)C3(F)F)C1. The van der Waals surface area contributed by atoms with Crippen molar-refractivity contribution in [2.24, 2.45) is 18.9 Å². The van der Waals surface area contributed by atoms with E-state index >= 15 is 0 Å². The third-order valence-corrected chi connectivity index (χ3v) is 7.04. The number of hydrogen-bond donors (Lipinski definition) is 1. The van der Waals surface area contributed by atoms with E-state index in [9.17, 15) is 14.0 Å². The van der Waals surface area contributed by atoms with Crippen molar-refractivity contribution >= 4 is 17.5 Å². The van der Waals surface area contributed by atoms with Crippen LogP contribution in [0.2, 0.25) is 0 Å². The Morgan fingerprint density at radius 1 is 1.23 bits per heavy atom. The second-order valence-electron chi connectivity index (χ2n) is 9.10. The van der Waals surface area contributed by atoms with Crippen molar-refractivity contribution in [1.29, 1.82) is 5.26 Å². The van der Waals surface area contributed by atoms with E-state index in [0.717, 1.165) is 17.1 Å². The third kappa shape index (κ3) is 3.41. The molecule has 2 aromatic heterocycles. The number of fused-ring (bicyclic) bond motifs is 1. The Morgan fingerprint density at radius 2 is 1.94 bits per heavy atom. The number of nitrogens with one attached hydrogen (secondary N) is 1. The molecular weight excluding hydrogens is 402 g/mol. The van der Waals surface area contributed by atoms with Gasteiger partial charge in [0.2, 0.25) is 5.95 Å². The maximum Gasteiger partial charge on any atom is 0.254 e. The van der Waals surface area contributed by atoms with Crippen LogP contribution >= 0.6 is 0 Å². The average Bonchev–Trinajstić information content (AvgIpc) is 3.12. The summed E-state index contributed by atoms with van der Waals surface area (Å²) < 4.78 is 29.2. The van der Waals surface area contributed by atoms with Gasteiger partial charge in [0.25, 0.3) is 5.92 Å².